The van der Waals surface area contributed by atoms with Crippen LogP contribution in [0.25, 0.3) is 11.6 Å². The third-order valence-electron chi connectivity index (χ3n) is 3.08. The van der Waals surface area contributed by atoms with E-state index in [9.17, 15) is 0 Å². The Morgan fingerprint density at radius 3 is 3.04 bits per heavy atom. The predicted octanol–water partition coefficient (Wildman–Crippen LogP) is 2.08. The molecule has 126 valence electrons. The Labute approximate surface area is 143 Å². The first-order valence-electron chi connectivity index (χ1n) is 7.63. The Morgan fingerprint density at radius 2 is 2.33 bits per heavy atom. The molecule has 0 saturated heterocycles. The second-order valence-corrected chi connectivity index (χ2v) is 6.32. The van der Waals surface area contributed by atoms with Crippen molar-refractivity contribution in [3.63, 3.8) is 0 Å². The summed E-state index contributed by atoms with van der Waals surface area (Å²) < 4.78 is 5.28. The van der Waals surface area contributed by atoms with Crippen LogP contribution in [-0.2, 0) is 13.1 Å². The van der Waals surface area contributed by atoms with E-state index in [-0.39, 0.29) is 0 Å². The number of H-pyrrole nitrogens is 1. The van der Waals surface area contributed by atoms with E-state index in [4.69, 9.17) is 4.42 Å². The van der Waals surface area contributed by atoms with Gasteiger partial charge in [-0.25, -0.2) is 15.0 Å². The van der Waals surface area contributed by atoms with Gasteiger partial charge >= 0.3 is 0 Å². The normalized spacial score (nSPS) is 11.7. The fourth-order valence-electron chi connectivity index (χ4n) is 2.02. The molecule has 0 spiro atoms. The summed E-state index contributed by atoms with van der Waals surface area (Å²) in [5, 5.41) is 14.5. The number of hydrogen-bond acceptors (Lipinski definition) is 6. The highest BCUT2D eigenvalue weighted by Gasteiger charge is 2.08. The summed E-state index contributed by atoms with van der Waals surface area (Å²) in [6, 6.07) is 3.62. The molecule has 0 aromatic carbocycles. The van der Waals surface area contributed by atoms with Gasteiger partial charge in [0.05, 0.1) is 12.8 Å². The number of nitrogens with one attached hydrogen (secondary N) is 3. The lowest BCUT2D eigenvalue weighted by Crippen LogP contribution is -2.36. The molecule has 9 heteroatoms. The summed E-state index contributed by atoms with van der Waals surface area (Å²) in [7, 11) is 0. The van der Waals surface area contributed by atoms with Crippen molar-refractivity contribution in [1.82, 2.24) is 30.8 Å². The standard InChI is InChI=1S/C15H19N7OS/c1-3-16-15(19-9-13-17-7-10(2)24-13)18-8-12-20-14(22-21-12)11-5-4-6-23-11/h4-7H,3,8-9H2,1-2H3,(H2,16,18,19)(H,20,21,22). The number of aromatic nitrogens is 4. The van der Waals surface area contributed by atoms with E-state index in [2.05, 4.69) is 35.8 Å². The summed E-state index contributed by atoms with van der Waals surface area (Å²) in [4.78, 5) is 14.4. The van der Waals surface area contributed by atoms with Crippen LogP contribution in [0.15, 0.2) is 34.0 Å². The molecule has 3 heterocycles. The van der Waals surface area contributed by atoms with E-state index in [0.717, 1.165) is 11.6 Å². The number of aromatic amines is 1. The van der Waals surface area contributed by atoms with Crippen LogP contribution in [0.3, 0.4) is 0 Å². The molecule has 0 aliphatic rings. The summed E-state index contributed by atoms with van der Waals surface area (Å²) in [5.41, 5.74) is 0. The van der Waals surface area contributed by atoms with Gasteiger partial charge in [-0.15, -0.1) is 16.4 Å². The van der Waals surface area contributed by atoms with Crippen molar-refractivity contribution in [2.24, 2.45) is 4.99 Å². The molecule has 0 unspecified atom stereocenters. The van der Waals surface area contributed by atoms with Crippen molar-refractivity contribution in [3.05, 3.63) is 40.3 Å². The van der Waals surface area contributed by atoms with Crippen molar-refractivity contribution in [2.75, 3.05) is 6.54 Å². The Morgan fingerprint density at radius 1 is 1.42 bits per heavy atom. The number of furan rings is 1. The van der Waals surface area contributed by atoms with Gasteiger partial charge in [-0.1, -0.05) is 0 Å². The van der Waals surface area contributed by atoms with Crippen LogP contribution in [0.5, 0.6) is 0 Å². The SMILES string of the molecule is CCNC(=NCc1nc(-c2ccco2)n[nH]1)NCc1ncc(C)s1. The Hall–Kier alpha value is -2.68. The lowest BCUT2D eigenvalue weighted by molar-refractivity contribution is 0.577. The van der Waals surface area contributed by atoms with Crippen LogP contribution in [-0.4, -0.2) is 32.7 Å². The zero-order valence-electron chi connectivity index (χ0n) is 13.5. The molecular weight excluding hydrogens is 326 g/mol. The second-order valence-electron chi connectivity index (χ2n) is 5.00. The number of thiazole rings is 1. The molecule has 0 fully saturated rings. The van der Waals surface area contributed by atoms with Gasteiger partial charge in [0.2, 0.25) is 5.82 Å². The molecule has 0 aliphatic heterocycles. The lowest BCUT2D eigenvalue weighted by Gasteiger charge is -2.09. The smallest absolute Gasteiger partial charge is 0.216 e. The van der Waals surface area contributed by atoms with Crippen LogP contribution < -0.4 is 10.6 Å². The molecule has 0 bridgehead atoms. The molecular formula is C15H19N7OS. The molecule has 3 N–H and O–H groups in total. The maximum absolute atomic E-state index is 5.28. The number of nitrogens with zero attached hydrogens (tertiary/aromatic N) is 4. The summed E-state index contributed by atoms with van der Waals surface area (Å²) >= 11 is 1.67. The van der Waals surface area contributed by atoms with Gasteiger partial charge in [-0.05, 0) is 26.0 Å². The molecule has 3 aromatic heterocycles. The highest BCUT2D eigenvalue weighted by atomic mass is 32.1. The van der Waals surface area contributed by atoms with Crippen LogP contribution in [0, 0.1) is 6.92 Å². The van der Waals surface area contributed by atoms with Gasteiger partial charge in [-0.2, -0.15) is 0 Å². The Balaban J connectivity index is 1.61. The molecule has 8 nitrogen and oxygen atoms in total. The average Bonchev–Trinajstić information content (AvgIpc) is 3.31. The minimum absolute atomic E-state index is 0.389. The Kier molecular flexibility index (Phi) is 5.22. The quantitative estimate of drug-likeness (QED) is 0.467. The first-order valence-corrected chi connectivity index (χ1v) is 8.45. The van der Waals surface area contributed by atoms with Gasteiger partial charge in [0.1, 0.15) is 17.4 Å². The van der Waals surface area contributed by atoms with Crippen LogP contribution in [0.4, 0.5) is 0 Å². The third kappa shape index (κ3) is 4.19. The van der Waals surface area contributed by atoms with Gasteiger partial charge < -0.3 is 15.1 Å². The van der Waals surface area contributed by atoms with Gasteiger partial charge in [0.15, 0.2) is 11.7 Å². The number of aliphatic imine (C=N–C) groups is 1. The monoisotopic (exact) mass is 345 g/mol. The third-order valence-corrected chi connectivity index (χ3v) is 3.99. The van der Waals surface area contributed by atoms with E-state index in [1.165, 1.54) is 4.88 Å². The van der Waals surface area contributed by atoms with Gasteiger partial charge in [0.25, 0.3) is 0 Å². The highest BCUT2D eigenvalue weighted by Crippen LogP contribution is 2.14. The number of hydrogen-bond donors (Lipinski definition) is 3. The topological polar surface area (TPSA) is 104 Å². The van der Waals surface area contributed by atoms with Crippen molar-refractivity contribution < 1.29 is 4.42 Å². The first-order chi connectivity index (χ1) is 11.7. The fraction of sp³-hybridized carbons (Fsp3) is 0.333. The van der Waals surface area contributed by atoms with Gasteiger partial charge in [0, 0.05) is 17.6 Å². The number of aryl methyl sites for hydroxylation is 1. The summed E-state index contributed by atoms with van der Waals surface area (Å²) in [5.74, 6) is 2.54. The minimum atomic E-state index is 0.389. The molecule has 0 radical (unpaired) electrons. The Bertz CT molecular complexity index is 790. The van der Waals surface area contributed by atoms with Crippen LogP contribution in [0.2, 0.25) is 0 Å². The molecule has 3 aromatic rings. The van der Waals surface area contributed by atoms with Crippen molar-refractivity contribution in [3.8, 4) is 11.6 Å². The largest absolute Gasteiger partial charge is 0.461 e. The molecule has 0 amide bonds. The summed E-state index contributed by atoms with van der Waals surface area (Å²) in [6.45, 7) is 5.87. The van der Waals surface area contributed by atoms with Crippen molar-refractivity contribution in [1.29, 1.82) is 0 Å². The predicted molar refractivity (Wildman–Crippen MR) is 92.6 cm³/mol. The highest BCUT2D eigenvalue weighted by molar-refractivity contribution is 7.11. The maximum atomic E-state index is 5.28. The number of rotatable bonds is 6. The fourth-order valence-corrected chi connectivity index (χ4v) is 2.75. The second kappa shape index (κ2) is 7.73. The zero-order chi connectivity index (χ0) is 16.8. The van der Waals surface area contributed by atoms with Crippen LogP contribution in [0.1, 0.15) is 22.6 Å². The first kappa shape index (κ1) is 16.2. The average molecular weight is 345 g/mol. The zero-order valence-corrected chi connectivity index (χ0v) is 14.4. The molecule has 3 rings (SSSR count). The lowest BCUT2D eigenvalue weighted by atomic mass is 10.4. The number of guanidine groups is 1. The van der Waals surface area contributed by atoms with E-state index in [1.807, 2.05) is 26.1 Å². The molecule has 0 saturated carbocycles. The van der Waals surface area contributed by atoms with E-state index >= 15 is 0 Å². The van der Waals surface area contributed by atoms with Gasteiger partial charge in [-0.3, -0.25) is 5.10 Å². The van der Waals surface area contributed by atoms with Crippen molar-refractivity contribution >= 4 is 17.3 Å². The maximum Gasteiger partial charge on any atom is 0.216 e. The van der Waals surface area contributed by atoms with Crippen LogP contribution >= 0.6 is 11.3 Å². The summed E-state index contributed by atoms with van der Waals surface area (Å²) in [6.07, 6.45) is 3.47. The van der Waals surface area contributed by atoms with Crippen molar-refractivity contribution in [2.45, 2.75) is 26.9 Å². The van der Waals surface area contributed by atoms with E-state index in [0.29, 0.717) is 36.5 Å². The molecule has 0 atom stereocenters. The van der Waals surface area contributed by atoms with E-state index in [1.54, 1.807) is 23.7 Å². The molecule has 24 heavy (non-hydrogen) atoms. The molecule has 0 aliphatic carbocycles. The minimum Gasteiger partial charge on any atom is -0.461 e. The van der Waals surface area contributed by atoms with E-state index < -0.39 is 0 Å².